The number of benzene rings is 1. The Morgan fingerprint density at radius 1 is 1.28 bits per heavy atom. The lowest BCUT2D eigenvalue weighted by atomic mass is 10.1. The second-order valence-corrected chi connectivity index (χ2v) is 5.93. The first-order valence-electron chi connectivity index (χ1n) is 5.48. The number of hydrogen-bond acceptors (Lipinski definition) is 4. The van der Waals surface area contributed by atoms with Crippen molar-refractivity contribution in [1.82, 2.24) is 4.72 Å². The molecule has 5 nitrogen and oxygen atoms in total. The molecule has 0 bridgehead atoms. The maximum atomic E-state index is 11.6. The van der Waals surface area contributed by atoms with Crippen molar-refractivity contribution in [3.05, 3.63) is 34.9 Å². The minimum absolute atomic E-state index is 0.0127. The molecule has 0 heterocycles. The molecule has 0 saturated heterocycles. The van der Waals surface area contributed by atoms with Crippen LogP contribution in [0.1, 0.15) is 21.5 Å². The van der Waals surface area contributed by atoms with E-state index in [-0.39, 0.29) is 13.2 Å². The first-order chi connectivity index (χ1) is 8.29. The highest BCUT2D eigenvalue weighted by atomic mass is 32.2. The number of carbonyl (C=O) groups is 1. The van der Waals surface area contributed by atoms with E-state index in [1.807, 2.05) is 19.9 Å². The molecule has 0 aromatic heterocycles. The van der Waals surface area contributed by atoms with Crippen LogP contribution in [0.5, 0.6) is 0 Å². The van der Waals surface area contributed by atoms with Crippen LogP contribution in [-0.4, -0.2) is 33.8 Å². The minimum Gasteiger partial charge on any atom is -0.461 e. The normalized spacial score (nSPS) is 11.3. The summed E-state index contributed by atoms with van der Waals surface area (Å²) < 4.78 is 28.7. The van der Waals surface area contributed by atoms with Gasteiger partial charge in [-0.05, 0) is 37.1 Å². The van der Waals surface area contributed by atoms with Gasteiger partial charge >= 0.3 is 5.97 Å². The summed E-state index contributed by atoms with van der Waals surface area (Å²) in [5.41, 5.74) is 2.58. The lowest BCUT2D eigenvalue weighted by Gasteiger charge is -2.07. The van der Waals surface area contributed by atoms with Gasteiger partial charge in [-0.25, -0.2) is 17.9 Å². The Morgan fingerprint density at radius 2 is 1.94 bits per heavy atom. The van der Waals surface area contributed by atoms with Gasteiger partial charge in [0.1, 0.15) is 6.61 Å². The lowest BCUT2D eigenvalue weighted by molar-refractivity contribution is 0.0513. The Balaban J connectivity index is 2.48. The van der Waals surface area contributed by atoms with E-state index in [1.165, 1.54) is 0 Å². The SMILES string of the molecule is Cc1ccc(C(=O)OCCNS(C)(=O)=O)cc1C. The highest BCUT2D eigenvalue weighted by Crippen LogP contribution is 2.10. The third-order valence-corrected chi connectivity index (χ3v) is 3.17. The van der Waals surface area contributed by atoms with Crippen LogP contribution in [0.15, 0.2) is 18.2 Å². The van der Waals surface area contributed by atoms with Crippen LogP contribution < -0.4 is 4.72 Å². The quantitative estimate of drug-likeness (QED) is 0.641. The van der Waals surface area contributed by atoms with Crippen LogP contribution in [0.3, 0.4) is 0 Å². The van der Waals surface area contributed by atoms with Gasteiger partial charge in [-0.3, -0.25) is 0 Å². The van der Waals surface area contributed by atoms with Gasteiger partial charge in [-0.15, -0.1) is 0 Å². The van der Waals surface area contributed by atoms with Crippen LogP contribution in [0.2, 0.25) is 0 Å². The van der Waals surface area contributed by atoms with Crippen molar-refractivity contribution in [2.75, 3.05) is 19.4 Å². The Morgan fingerprint density at radius 3 is 2.50 bits per heavy atom. The highest BCUT2D eigenvalue weighted by molar-refractivity contribution is 7.88. The molecule has 100 valence electrons. The van der Waals surface area contributed by atoms with Crippen molar-refractivity contribution in [2.45, 2.75) is 13.8 Å². The molecule has 0 spiro atoms. The second kappa shape index (κ2) is 5.97. The standard InChI is InChI=1S/C12H17NO4S/c1-9-4-5-11(8-10(9)2)12(14)17-7-6-13-18(3,15)16/h4-5,8,13H,6-7H2,1-3H3. The van der Waals surface area contributed by atoms with Gasteiger partial charge in [-0.2, -0.15) is 0 Å². The summed E-state index contributed by atoms with van der Waals surface area (Å²) in [7, 11) is -3.24. The Hall–Kier alpha value is -1.40. The number of ether oxygens (including phenoxy) is 1. The fourth-order valence-electron chi connectivity index (χ4n) is 1.32. The lowest BCUT2D eigenvalue weighted by Crippen LogP contribution is -2.26. The summed E-state index contributed by atoms with van der Waals surface area (Å²) in [6, 6.07) is 5.29. The third kappa shape index (κ3) is 4.85. The molecule has 0 aliphatic heterocycles. The predicted octanol–water partition coefficient (Wildman–Crippen LogP) is 1.01. The van der Waals surface area contributed by atoms with Crippen LogP contribution in [-0.2, 0) is 14.8 Å². The summed E-state index contributed by atoms with van der Waals surface area (Å²) in [5, 5.41) is 0. The molecular formula is C12H17NO4S. The Kier molecular flexibility index (Phi) is 4.86. The second-order valence-electron chi connectivity index (χ2n) is 4.10. The maximum Gasteiger partial charge on any atom is 0.338 e. The average Bonchev–Trinajstić information content (AvgIpc) is 2.26. The van der Waals surface area contributed by atoms with Crippen LogP contribution >= 0.6 is 0 Å². The first kappa shape index (κ1) is 14.7. The van der Waals surface area contributed by atoms with Crippen LogP contribution in [0.4, 0.5) is 0 Å². The Bertz CT molecular complexity index is 537. The summed E-state index contributed by atoms with van der Waals surface area (Å²) in [5.74, 6) is -0.451. The topological polar surface area (TPSA) is 72.5 Å². The average molecular weight is 271 g/mol. The van der Waals surface area contributed by atoms with Crippen molar-refractivity contribution in [2.24, 2.45) is 0 Å². The van der Waals surface area contributed by atoms with E-state index in [1.54, 1.807) is 12.1 Å². The molecule has 1 rings (SSSR count). The minimum atomic E-state index is -3.24. The zero-order valence-corrected chi connectivity index (χ0v) is 11.5. The van der Waals surface area contributed by atoms with Gasteiger partial charge in [0.25, 0.3) is 0 Å². The van der Waals surface area contributed by atoms with E-state index in [0.29, 0.717) is 5.56 Å². The highest BCUT2D eigenvalue weighted by Gasteiger charge is 2.08. The van der Waals surface area contributed by atoms with E-state index in [2.05, 4.69) is 4.72 Å². The molecule has 0 radical (unpaired) electrons. The van der Waals surface area contributed by atoms with Gasteiger partial charge < -0.3 is 4.74 Å². The number of carbonyl (C=O) groups excluding carboxylic acids is 1. The monoisotopic (exact) mass is 271 g/mol. The summed E-state index contributed by atoms with van der Waals surface area (Å²) in [6.45, 7) is 3.96. The third-order valence-electron chi connectivity index (χ3n) is 2.44. The number of aryl methyl sites for hydroxylation is 2. The van der Waals surface area contributed by atoms with Crippen LogP contribution in [0, 0.1) is 13.8 Å². The van der Waals surface area contributed by atoms with Gasteiger partial charge in [0.05, 0.1) is 11.8 Å². The molecule has 0 aliphatic carbocycles. The number of rotatable bonds is 5. The van der Waals surface area contributed by atoms with E-state index in [9.17, 15) is 13.2 Å². The maximum absolute atomic E-state index is 11.6. The number of nitrogens with one attached hydrogen (secondary N) is 1. The van der Waals surface area contributed by atoms with E-state index in [4.69, 9.17) is 4.74 Å². The van der Waals surface area contributed by atoms with Crippen molar-refractivity contribution >= 4 is 16.0 Å². The van der Waals surface area contributed by atoms with Crippen molar-refractivity contribution in [3.63, 3.8) is 0 Å². The smallest absolute Gasteiger partial charge is 0.338 e. The molecule has 0 amide bonds. The van der Waals surface area contributed by atoms with Gasteiger partial charge in [0.15, 0.2) is 0 Å². The summed E-state index contributed by atoms with van der Waals surface area (Å²) in [6.07, 6.45) is 1.05. The van der Waals surface area contributed by atoms with E-state index >= 15 is 0 Å². The molecule has 1 aromatic rings. The molecule has 0 aliphatic rings. The molecule has 0 unspecified atom stereocenters. The van der Waals surface area contributed by atoms with Crippen molar-refractivity contribution in [1.29, 1.82) is 0 Å². The van der Waals surface area contributed by atoms with Gasteiger partial charge in [-0.1, -0.05) is 6.07 Å². The number of esters is 1. The van der Waals surface area contributed by atoms with Gasteiger partial charge in [0, 0.05) is 6.54 Å². The molecule has 0 fully saturated rings. The number of sulfonamides is 1. The molecular weight excluding hydrogens is 254 g/mol. The summed E-state index contributed by atoms with van der Waals surface area (Å²) >= 11 is 0. The molecule has 0 atom stereocenters. The summed E-state index contributed by atoms with van der Waals surface area (Å²) in [4.78, 5) is 11.6. The predicted molar refractivity (Wildman–Crippen MR) is 69.0 cm³/mol. The van der Waals surface area contributed by atoms with E-state index < -0.39 is 16.0 Å². The molecule has 6 heteroatoms. The van der Waals surface area contributed by atoms with Crippen molar-refractivity contribution in [3.8, 4) is 0 Å². The first-order valence-corrected chi connectivity index (χ1v) is 7.38. The molecule has 18 heavy (non-hydrogen) atoms. The number of hydrogen-bond donors (Lipinski definition) is 1. The zero-order chi connectivity index (χ0) is 13.8. The largest absolute Gasteiger partial charge is 0.461 e. The molecule has 1 aromatic carbocycles. The van der Waals surface area contributed by atoms with E-state index in [0.717, 1.165) is 17.4 Å². The fourth-order valence-corrected chi connectivity index (χ4v) is 1.78. The molecule has 1 N–H and O–H groups in total. The molecule has 0 saturated carbocycles. The van der Waals surface area contributed by atoms with Gasteiger partial charge in [0.2, 0.25) is 10.0 Å². The fraction of sp³-hybridized carbons (Fsp3) is 0.417. The zero-order valence-electron chi connectivity index (χ0n) is 10.7. The van der Waals surface area contributed by atoms with Crippen molar-refractivity contribution < 1.29 is 17.9 Å². The van der Waals surface area contributed by atoms with Crippen LogP contribution in [0.25, 0.3) is 0 Å². The Labute approximate surface area is 107 Å².